The van der Waals surface area contributed by atoms with Crippen LogP contribution in [0.4, 0.5) is 5.69 Å². The Bertz CT molecular complexity index is 351. The fraction of sp³-hybridized carbons (Fsp3) is 0.273. The van der Waals surface area contributed by atoms with Crippen molar-refractivity contribution in [1.29, 1.82) is 5.41 Å². The summed E-state index contributed by atoms with van der Waals surface area (Å²) in [7, 11) is 0. The summed E-state index contributed by atoms with van der Waals surface area (Å²) in [5, 5.41) is 7.39. The van der Waals surface area contributed by atoms with Crippen LogP contribution in [0, 0.1) is 12.3 Å². The molecule has 0 aliphatic rings. The minimum absolute atomic E-state index is 0.517. The van der Waals surface area contributed by atoms with Gasteiger partial charge >= 0.3 is 0 Å². The summed E-state index contributed by atoms with van der Waals surface area (Å²) in [6.45, 7) is 5.62. The molecule has 0 atom stereocenters. The normalized spacial score (nSPS) is 11.5. The number of hydrogen-bond acceptors (Lipinski definition) is 2. The van der Waals surface area contributed by atoms with E-state index < -0.39 is 0 Å². The Morgan fingerprint density at radius 1 is 1.23 bits per heavy atom. The molecule has 1 rings (SSSR count). The first-order valence-electron chi connectivity index (χ1n) is 4.27. The van der Waals surface area contributed by atoms with Crippen LogP contribution in [0.5, 0.6) is 0 Å². The van der Waals surface area contributed by atoms with E-state index in [1.807, 2.05) is 38.1 Å². The van der Waals surface area contributed by atoms with E-state index in [2.05, 4.69) is 4.99 Å². The standard InChI is InChI=1S/C11H14N2/c1-8-6-4-5-7-11(8)13-10(3)9(2)12/h4-7,12H,1-3H3. The average Bonchev–Trinajstić information content (AvgIpc) is 2.08. The van der Waals surface area contributed by atoms with Gasteiger partial charge in [0.05, 0.1) is 11.4 Å². The van der Waals surface area contributed by atoms with Crippen molar-refractivity contribution < 1.29 is 0 Å². The molecule has 13 heavy (non-hydrogen) atoms. The van der Waals surface area contributed by atoms with Gasteiger partial charge in [-0.15, -0.1) is 0 Å². The van der Waals surface area contributed by atoms with E-state index >= 15 is 0 Å². The van der Waals surface area contributed by atoms with Crippen LogP contribution in [0.1, 0.15) is 19.4 Å². The Morgan fingerprint density at radius 2 is 1.85 bits per heavy atom. The van der Waals surface area contributed by atoms with Crippen molar-refractivity contribution in [3.63, 3.8) is 0 Å². The zero-order valence-electron chi connectivity index (χ0n) is 8.26. The average molecular weight is 174 g/mol. The van der Waals surface area contributed by atoms with Gasteiger partial charge in [0.25, 0.3) is 0 Å². The molecule has 2 nitrogen and oxygen atoms in total. The molecule has 2 heteroatoms. The van der Waals surface area contributed by atoms with Crippen molar-refractivity contribution in [2.45, 2.75) is 20.8 Å². The van der Waals surface area contributed by atoms with Crippen molar-refractivity contribution in [2.75, 3.05) is 0 Å². The van der Waals surface area contributed by atoms with Gasteiger partial charge in [0.2, 0.25) is 0 Å². The molecule has 1 aromatic carbocycles. The van der Waals surface area contributed by atoms with Crippen molar-refractivity contribution in [3.05, 3.63) is 29.8 Å². The second-order valence-electron chi connectivity index (χ2n) is 3.11. The SMILES string of the molecule is CC(=N)C(C)=Nc1ccccc1C. The molecule has 0 heterocycles. The zero-order chi connectivity index (χ0) is 9.84. The van der Waals surface area contributed by atoms with Crippen molar-refractivity contribution in [3.8, 4) is 0 Å². The number of aliphatic imine (C=N–C) groups is 1. The molecule has 68 valence electrons. The topological polar surface area (TPSA) is 36.2 Å². The number of nitrogens with one attached hydrogen (secondary N) is 1. The fourth-order valence-electron chi connectivity index (χ4n) is 0.953. The minimum atomic E-state index is 0.517. The van der Waals surface area contributed by atoms with Crippen LogP contribution in [-0.2, 0) is 0 Å². The molecular formula is C11H14N2. The van der Waals surface area contributed by atoms with Gasteiger partial charge < -0.3 is 5.41 Å². The predicted octanol–water partition coefficient (Wildman–Crippen LogP) is 3.13. The number of aryl methyl sites for hydroxylation is 1. The molecule has 0 saturated heterocycles. The smallest absolute Gasteiger partial charge is 0.0662 e. The van der Waals surface area contributed by atoms with Crippen LogP contribution in [-0.4, -0.2) is 11.4 Å². The van der Waals surface area contributed by atoms with Gasteiger partial charge in [0, 0.05) is 5.71 Å². The third-order valence-electron chi connectivity index (χ3n) is 1.95. The maximum Gasteiger partial charge on any atom is 0.0662 e. The largest absolute Gasteiger partial charge is 0.304 e. The molecule has 0 aliphatic carbocycles. The van der Waals surface area contributed by atoms with E-state index in [0.717, 1.165) is 17.0 Å². The summed E-state index contributed by atoms with van der Waals surface area (Å²) in [6, 6.07) is 7.92. The molecule has 0 aliphatic heterocycles. The molecule has 1 N–H and O–H groups in total. The fourth-order valence-corrected chi connectivity index (χ4v) is 0.953. The first-order valence-corrected chi connectivity index (χ1v) is 4.27. The quantitative estimate of drug-likeness (QED) is 0.669. The van der Waals surface area contributed by atoms with Gasteiger partial charge in [-0.25, -0.2) is 0 Å². The van der Waals surface area contributed by atoms with E-state index in [1.54, 1.807) is 6.92 Å². The highest BCUT2D eigenvalue weighted by molar-refractivity contribution is 6.39. The molecule has 1 aromatic rings. The Kier molecular flexibility index (Phi) is 2.96. The second-order valence-corrected chi connectivity index (χ2v) is 3.11. The minimum Gasteiger partial charge on any atom is -0.304 e. The van der Waals surface area contributed by atoms with Gasteiger partial charge in [-0.2, -0.15) is 0 Å². The summed E-state index contributed by atoms with van der Waals surface area (Å²) in [4.78, 5) is 4.35. The van der Waals surface area contributed by atoms with E-state index in [1.165, 1.54) is 0 Å². The van der Waals surface area contributed by atoms with Crippen molar-refractivity contribution >= 4 is 17.1 Å². The van der Waals surface area contributed by atoms with Gasteiger partial charge in [0.1, 0.15) is 0 Å². The zero-order valence-corrected chi connectivity index (χ0v) is 8.26. The monoisotopic (exact) mass is 174 g/mol. The molecule has 0 aromatic heterocycles. The highest BCUT2D eigenvalue weighted by atomic mass is 14.8. The molecule has 0 radical (unpaired) electrons. The maximum absolute atomic E-state index is 7.39. The van der Waals surface area contributed by atoms with Crippen LogP contribution in [0.15, 0.2) is 29.3 Å². The maximum atomic E-state index is 7.39. The predicted molar refractivity (Wildman–Crippen MR) is 57.3 cm³/mol. The van der Waals surface area contributed by atoms with Gasteiger partial charge in [-0.1, -0.05) is 18.2 Å². The molecule has 0 bridgehead atoms. The van der Waals surface area contributed by atoms with Crippen LogP contribution >= 0.6 is 0 Å². The summed E-state index contributed by atoms with van der Waals surface area (Å²) < 4.78 is 0. The summed E-state index contributed by atoms with van der Waals surface area (Å²) >= 11 is 0. The molecule has 0 amide bonds. The molecular weight excluding hydrogens is 160 g/mol. The molecule has 0 fully saturated rings. The summed E-state index contributed by atoms with van der Waals surface area (Å²) in [5.74, 6) is 0. The van der Waals surface area contributed by atoms with Gasteiger partial charge in [-0.05, 0) is 32.4 Å². The first-order chi connectivity index (χ1) is 6.11. The third-order valence-corrected chi connectivity index (χ3v) is 1.95. The number of hydrogen-bond donors (Lipinski definition) is 1. The van der Waals surface area contributed by atoms with E-state index in [4.69, 9.17) is 5.41 Å². The first kappa shape index (κ1) is 9.65. The summed E-state index contributed by atoms with van der Waals surface area (Å²) in [5.41, 5.74) is 3.38. The Hall–Kier alpha value is -1.44. The van der Waals surface area contributed by atoms with E-state index in [9.17, 15) is 0 Å². The Labute approximate surface area is 78.8 Å². The number of benzene rings is 1. The lowest BCUT2D eigenvalue weighted by Crippen LogP contribution is -2.02. The van der Waals surface area contributed by atoms with Gasteiger partial charge in [0.15, 0.2) is 0 Å². The van der Waals surface area contributed by atoms with Crippen LogP contribution in [0.25, 0.3) is 0 Å². The third kappa shape index (κ3) is 2.51. The van der Waals surface area contributed by atoms with Crippen LogP contribution in [0.2, 0.25) is 0 Å². The van der Waals surface area contributed by atoms with Crippen LogP contribution in [0.3, 0.4) is 0 Å². The van der Waals surface area contributed by atoms with Crippen molar-refractivity contribution in [2.24, 2.45) is 4.99 Å². The lowest BCUT2D eigenvalue weighted by Gasteiger charge is -2.00. The molecule has 0 unspecified atom stereocenters. The lowest BCUT2D eigenvalue weighted by molar-refractivity contribution is 1.39. The van der Waals surface area contributed by atoms with E-state index in [0.29, 0.717) is 5.71 Å². The Morgan fingerprint density at radius 3 is 2.38 bits per heavy atom. The number of nitrogens with zero attached hydrogens (tertiary/aromatic N) is 1. The lowest BCUT2D eigenvalue weighted by atomic mass is 10.2. The summed E-state index contributed by atoms with van der Waals surface area (Å²) in [6.07, 6.45) is 0. The molecule has 0 spiro atoms. The number of rotatable bonds is 2. The highest BCUT2D eigenvalue weighted by Gasteiger charge is 1.96. The Balaban J connectivity index is 3.04. The van der Waals surface area contributed by atoms with Crippen LogP contribution < -0.4 is 0 Å². The van der Waals surface area contributed by atoms with E-state index in [-0.39, 0.29) is 0 Å². The highest BCUT2D eigenvalue weighted by Crippen LogP contribution is 2.17. The second kappa shape index (κ2) is 3.99. The van der Waals surface area contributed by atoms with Gasteiger partial charge in [-0.3, -0.25) is 4.99 Å². The van der Waals surface area contributed by atoms with Crippen molar-refractivity contribution in [1.82, 2.24) is 0 Å². The molecule has 0 saturated carbocycles. The number of para-hydroxylation sites is 1.